The maximum Gasteiger partial charge on any atom is 0.256 e. The molecular formula is C15H10INO. The molecule has 1 amide bonds. The van der Waals surface area contributed by atoms with Gasteiger partial charge in [-0.2, -0.15) is 0 Å². The highest BCUT2D eigenvalue weighted by Gasteiger charge is 2.22. The number of amides is 1. The second kappa shape index (κ2) is 4.57. The first-order valence-electron chi connectivity index (χ1n) is 5.62. The van der Waals surface area contributed by atoms with Gasteiger partial charge in [0.2, 0.25) is 0 Å². The number of benzene rings is 2. The summed E-state index contributed by atoms with van der Waals surface area (Å²) < 4.78 is 1.20. The van der Waals surface area contributed by atoms with Crippen molar-refractivity contribution in [2.45, 2.75) is 0 Å². The summed E-state index contributed by atoms with van der Waals surface area (Å²) in [5, 5.41) is 2.90. The fourth-order valence-corrected chi connectivity index (χ4v) is 2.37. The van der Waals surface area contributed by atoms with Gasteiger partial charge >= 0.3 is 0 Å². The van der Waals surface area contributed by atoms with Crippen molar-refractivity contribution in [2.75, 3.05) is 0 Å². The quantitative estimate of drug-likeness (QED) is 0.786. The molecule has 0 saturated heterocycles. The Morgan fingerprint density at radius 2 is 1.61 bits per heavy atom. The molecule has 1 heterocycles. The molecular weight excluding hydrogens is 337 g/mol. The normalized spacial score (nSPS) is 15.6. The van der Waals surface area contributed by atoms with E-state index >= 15 is 0 Å². The molecule has 0 fully saturated rings. The van der Waals surface area contributed by atoms with Crippen molar-refractivity contribution in [3.8, 4) is 0 Å². The van der Waals surface area contributed by atoms with Crippen LogP contribution in [0.4, 0.5) is 0 Å². The smallest absolute Gasteiger partial charge is 0.256 e. The zero-order chi connectivity index (χ0) is 12.5. The van der Waals surface area contributed by atoms with E-state index < -0.39 is 0 Å². The van der Waals surface area contributed by atoms with E-state index in [1.165, 1.54) is 3.57 Å². The predicted octanol–water partition coefficient (Wildman–Crippen LogP) is 3.53. The third-order valence-electron chi connectivity index (χ3n) is 2.89. The molecule has 0 unspecified atom stereocenters. The van der Waals surface area contributed by atoms with E-state index in [2.05, 4.69) is 40.0 Å². The van der Waals surface area contributed by atoms with Gasteiger partial charge in [0.15, 0.2) is 0 Å². The van der Waals surface area contributed by atoms with Gasteiger partial charge in [0.05, 0.1) is 0 Å². The molecule has 2 aromatic rings. The lowest BCUT2D eigenvalue weighted by Gasteiger charge is -2.00. The van der Waals surface area contributed by atoms with Crippen molar-refractivity contribution in [1.29, 1.82) is 0 Å². The van der Waals surface area contributed by atoms with E-state index in [9.17, 15) is 4.79 Å². The molecule has 88 valence electrons. The molecule has 1 aliphatic rings. The molecule has 2 aromatic carbocycles. The second-order valence-electron chi connectivity index (χ2n) is 4.11. The van der Waals surface area contributed by atoms with Crippen molar-refractivity contribution in [3.63, 3.8) is 0 Å². The van der Waals surface area contributed by atoms with Crippen molar-refractivity contribution >= 4 is 40.3 Å². The molecule has 0 aromatic heterocycles. The van der Waals surface area contributed by atoms with Gasteiger partial charge in [-0.05, 0) is 52.4 Å². The fraction of sp³-hybridized carbons (Fsp3) is 0. The summed E-state index contributed by atoms with van der Waals surface area (Å²) in [5.41, 5.74) is 3.68. The molecule has 3 heteroatoms. The molecule has 0 spiro atoms. The number of fused-ring (bicyclic) bond motifs is 1. The van der Waals surface area contributed by atoms with Crippen LogP contribution in [0, 0.1) is 3.57 Å². The molecule has 3 rings (SSSR count). The molecule has 0 atom stereocenters. The number of hydrogen-bond acceptors (Lipinski definition) is 1. The molecule has 18 heavy (non-hydrogen) atoms. The lowest BCUT2D eigenvalue weighted by atomic mass is 10.1. The maximum absolute atomic E-state index is 11.8. The Morgan fingerprint density at radius 1 is 0.944 bits per heavy atom. The lowest BCUT2D eigenvalue weighted by Crippen LogP contribution is -2.11. The highest BCUT2D eigenvalue weighted by molar-refractivity contribution is 14.1. The van der Waals surface area contributed by atoms with E-state index in [1.807, 2.05) is 42.5 Å². The van der Waals surface area contributed by atoms with Gasteiger partial charge in [0, 0.05) is 20.4 Å². The van der Waals surface area contributed by atoms with E-state index in [-0.39, 0.29) is 5.91 Å². The van der Waals surface area contributed by atoms with Crippen LogP contribution >= 0.6 is 22.6 Å². The highest BCUT2D eigenvalue weighted by Crippen LogP contribution is 2.25. The molecule has 2 nitrogen and oxygen atoms in total. The van der Waals surface area contributed by atoms with Gasteiger partial charge in [0.1, 0.15) is 0 Å². The van der Waals surface area contributed by atoms with Crippen molar-refractivity contribution < 1.29 is 4.79 Å². The summed E-state index contributed by atoms with van der Waals surface area (Å²) in [4.78, 5) is 11.8. The molecule has 0 bridgehead atoms. The average molecular weight is 347 g/mol. The summed E-state index contributed by atoms with van der Waals surface area (Å²) in [6.45, 7) is 0. The third kappa shape index (κ3) is 2.06. The number of carbonyl (C=O) groups excluding carboxylic acids is 1. The van der Waals surface area contributed by atoms with Crippen LogP contribution in [0.3, 0.4) is 0 Å². The minimum Gasteiger partial charge on any atom is -0.321 e. The van der Waals surface area contributed by atoms with Crippen LogP contribution in [-0.2, 0) is 0 Å². The van der Waals surface area contributed by atoms with Gasteiger partial charge in [-0.1, -0.05) is 30.3 Å². The maximum atomic E-state index is 11.8. The van der Waals surface area contributed by atoms with Gasteiger partial charge in [-0.3, -0.25) is 4.79 Å². The predicted molar refractivity (Wildman–Crippen MR) is 80.9 cm³/mol. The number of hydrogen-bond donors (Lipinski definition) is 1. The van der Waals surface area contributed by atoms with Gasteiger partial charge in [-0.15, -0.1) is 0 Å². The average Bonchev–Trinajstić information content (AvgIpc) is 2.70. The largest absolute Gasteiger partial charge is 0.321 e. The first-order chi connectivity index (χ1) is 8.74. The van der Waals surface area contributed by atoms with Crippen LogP contribution < -0.4 is 5.32 Å². The monoisotopic (exact) mass is 347 g/mol. The minimum atomic E-state index is -0.0256. The van der Waals surface area contributed by atoms with E-state index in [4.69, 9.17) is 0 Å². The molecule has 1 aliphatic heterocycles. The summed E-state index contributed by atoms with van der Waals surface area (Å²) in [6.07, 6.45) is 2.00. The lowest BCUT2D eigenvalue weighted by molar-refractivity contribution is 0.0981. The number of rotatable bonds is 1. The van der Waals surface area contributed by atoms with Crippen LogP contribution in [-0.4, -0.2) is 5.91 Å². The molecule has 0 radical (unpaired) electrons. The topological polar surface area (TPSA) is 29.1 Å². The van der Waals surface area contributed by atoms with Gasteiger partial charge in [-0.25, -0.2) is 0 Å². The van der Waals surface area contributed by atoms with E-state index in [0.717, 1.165) is 22.4 Å². The molecule has 0 aliphatic carbocycles. The fourth-order valence-electron chi connectivity index (χ4n) is 2.01. The first-order valence-corrected chi connectivity index (χ1v) is 6.70. The molecule has 1 N–H and O–H groups in total. The van der Waals surface area contributed by atoms with Crippen LogP contribution in [0.15, 0.2) is 48.5 Å². The van der Waals surface area contributed by atoms with Crippen molar-refractivity contribution in [3.05, 3.63) is 68.8 Å². The Hall–Kier alpha value is -1.62. The Balaban J connectivity index is 2.04. The number of nitrogens with one attached hydrogen (secondary N) is 1. The zero-order valence-electron chi connectivity index (χ0n) is 9.48. The van der Waals surface area contributed by atoms with E-state index in [1.54, 1.807) is 0 Å². The first kappa shape index (κ1) is 11.5. The Labute approximate surface area is 119 Å². The van der Waals surface area contributed by atoms with Gasteiger partial charge < -0.3 is 5.32 Å². The Bertz CT molecular complexity index is 644. The summed E-state index contributed by atoms with van der Waals surface area (Å²) in [6, 6.07) is 15.8. The van der Waals surface area contributed by atoms with E-state index in [0.29, 0.717) is 0 Å². The minimum absolute atomic E-state index is 0.0256. The Kier molecular flexibility index (Phi) is 2.91. The highest BCUT2D eigenvalue weighted by atomic mass is 127. The van der Waals surface area contributed by atoms with Crippen LogP contribution in [0.2, 0.25) is 0 Å². The summed E-state index contributed by atoms with van der Waals surface area (Å²) >= 11 is 2.27. The second-order valence-corrected chi connectivity index (χ2v) is 5.35. The molecule has 0 saturated carbocycles. The van der Waals surface area contributed by atoms with Crippen molar-refractivity contribution in [1.82, 2.24) is 5.32 Å². The number of carbonyl (C=O) groups is 1. The van der Waals surface area contributed by atoms with Crippen LogP contribution in [0.1, 0.15) is 21.5 Å². The number of halogens is 1. The van der Waals surface area contributed by atoms with Gasteiger partial charge in [0.25, 0.3) is 5.91 Å². The summed E-state index contributed by atoms with van der Waals surface area (Å²) in [5.74, 6) is -0.0256. The third-order valence-corrected chi connectivity index (χ3v) is 3.61. The summed E-state index contributed by atoms with van der Waals surface area (Å²) in [7, 11) is 0. The van der Waals surface area contributed by atoms with Crippen molar-refractivity contribution in [2.24, 2.45) is 0 Å². The van der Waals surface area contributed by atoms with Crippen LogP contribution in [0.25, 0.3) is 11.8 Å². The SMILES string of the molecule is O=C1N/C(=C\c2ccc(I)cc2)c2ccccc21. The standard InChI is InChI=1S/C15H10INO/c16-11-7-5-10(6-8-11)9-14-12-3-1-2-4-13(12)15(18)17-14/h1-9H,(H,17,18)/b14-9-. The Morgan fingerprint density at radius 3 is 2.33 bits per heavy atom. The zero-order valence-corrected chi connectivity index (χ0v) is 11.6. The van der Waals surface area contributed by atoms with Crippen LogP contribution in [0.5, 0.6) is 0 Å².